The van der Waals surface area contributed by atoms with Crippen LogP contribution >= 0.6 is 0 Å². The smallest absolute Gasteiger partial charge is 0.277 e. The molecule has 6 heteroatoms. The highest BCUT2D eigenvalue weighted by Crippen LogP contribution is 2.25. The molecule has 0 aromatic heterocycles. The van der Waals surface area contributed by atoms with Gasteiger partial charge >= 0.3 is 0 Å². The van der Waals surface area contributed by atoms with Crippen LogP contribution in [0.15, 0.2) is 47.6 Å². The Hall–Kier alpha value is -3.02. The van der Waals surface area contributed by atoms with Gasteiger partial charge in [-0.15, -0.1) is 0 Å². The van der Waals surface area contributed by atoms with Crippen molar-refractivity contribution in [1.82, 2.24) is 5.43 Å². The lowest BCUT2D eigenvalue weighted by molar-refractivity contribution is -0.123. The number of phenolic OH excluding ortho intramolecular Hbond substituents is 1. The number of aryl methyl sites for hydroxylation is 1. The Kier molecular flexibility index (Phi) is 5.57. The van der Waals surface area contributed by atoms with E-state index >= 15 is 0 Å². The molecule has 0 aliphatic rings. The van der Waals surface area contributed by atoms with E-state index in [-0.39, 0.29) is 18.3 Å². The van der Waals surface area contributed by atoms with E-state index in [4.69, 9.17) is 9.47 Å². The van der Waals surface area contributed by atoms with E-state index < -0.39 is 0 Å². The summed E-state index contributed by atoms with van der Waals surface area (Å²) < 4.78 is 10.4. The number of rotatable bonds is 6. The number of benzene rings is 2. The minimum atomic E-state index is -0.373. The standard InChI is InChI=1S/C17H18N2O4/c1-12-5-3-4-6-15(12)23-11-17(21)19-18-10-13-7-8-16(22-2)14(20)9-13/h3-10,20H,11H2,1-2H3,(H,19,21)/b18-10-. The maximum atomic E-state index is 11.7. The number of carbonyl (C=O) groups is 1. The lowest BCUT2D eigenvalue weighted by Gasteiger charge is -2.07. The van der Waals surface area contributed by atoms with Crippen LogP contribution in [0, 0.1) is 6.92 Å². The number of ether oxygens (including phenoxy) is 2. The normalized spacial score (nSPS) is 10.5. The molecule has 120 valence electrons. The summed E-state index contributed by atoms with van der Waals surface area (Å²) in [6.07, 6.45) is 1.42. The van der Waals surface area contributed by atoms with Gasteiger partial charge in [0.15, 0.2) is 18.1 Å². The fourth-order valence-corrected chi connectivity index (χ4v) is 1.86. The number of aromatic hydroxyl groups is 1. The zero-order valence-corrected chi connectivity index (χ0v) is 12.9. The predicted molar refractivity (Wildman–Crippen MR) is 87.1 cm³/mol. The molecule has 0 atom stereocenters. The van der Waals surface area contributed by atoms with Crippen LogP contribution in [0.4, 0.5) is 0 Å². The van der Waals surface area contributed by atoms with Crippen molar-refractivity contribution in [2.75, 3.05) is 13.7 Å². The van der Waals surface area contributed by atoms with Crippen LogP contribution in [0.3, 0.4) is 0 Å². The molecular formula is C17H18N2O4. The number of methoxy groups -OCH3 is 1. The Balaban J connectivity index is 1.84. The molecule has 0 saturated heterocycles. The average molecular weight is 314 g/mol. The van der Waals surface area contributed by atoms with Gasteiger partial charge in [0.25, 0.3) is 5.91 Å². The molecule has 2 aromatic carbocycles. The first-order chi connectivity index (χ1) is 11.1. The molecule has 2 N–H and O–H groups in total. The van der Waals surface area contributed by atoms with Crippen LogP contribution in [0.1, 0.15) is 11.1 Å². The molecular weight excluding hydrogens is 296 g/mol. The molecule has 0 fully saturated rings. The zero-order valence-electron chi connectivity index (χ0n) is 12.9. The zero-order chi connectivity index (χ0) is 16.7. The first kappa shape index (κ1) is 16.4. The van der Waals surface area contributed by atoms with Crippen molar-refractivity contribution in [3.63, 3.8) is 0 Å². The summed E-state index contributed by atoms with van der Waals surface area (Å²) in [7, 11) is 1.47. The van der Waals surface area contributed by atoms with Gasteiger partial charge in [0.1, 0.15) is 5.75 Å². The molecule has 2 rings (SSSR count). The van der Waals surface area contributed by atoms with Gasteiger partial charge in [0.2, 0.25) is 0 Å². The molecule has 0 aliphatic carbocycles. The SMILES string of the molecule is COc1ccc(/C=N\NC(=O)COc2ccccc2C)cc1O. The van der Waals surface area contributed by atoms with Gasteiger partial charge in [-0.1, -0.05) is 18.2 Å². The summed E-state index contributed by atoms with van der Waals surface area (Å²) in [4.78, 5) is 11.7. The van der Waals surface area contributed by atoms with Crippen LogP contribution < -0.4 is 14.9 Å². The van der Waals surface area contributed by atoms with Gasteiger partial charge in [-0.2, -0.15) is 5.10 Å². The second kappa shape index (κ2) is 7.84. The Labute approximate surface area is 134 Å². The van der Waals surface area contributed by atoms with Gasteiger partial charge in [-0.05, 0) is 42.3 Å². The van der Waals surface area contributed by atoms with Gasteiger partial charge in [0, 0.05) is 0 Å². The Morgan fingerprint density at radius 3 is 2.74 bits per heavy atom. The number of hydrazone groups is 1. The first-order valence-corrected chi connectivity index (χ1v) is 6.97. The Morgan fingerprint density at radius 1 is 1.26 bits per heavy atom. The molecule has 1 amide bonds. The molecule has 23 heavy (non-hydrogen) atoms. The van der Waals surface area contributed by atoms with Crippen molar-refractivity contribution < 1.29 is 19.4 Å². The molecule has 6 nitrogen and oxygen atoms in total. The summed E-state index contributed by atoms with van der Waals surface area (Å²) in [6, 6.07) is 12.2. The first-order valence-electron chi connectivity index (χ1n) is 6.97. The van der Waals surface area contributed by atoms with Crippen LogP contribution in [-0.4, -0.2) is 30.9 Å². The molecule has 0 bridgehead atoms. The predicted octanol–water partition coefficient (Wildman–Crippen LogP) is 2.24. The van der Waals surface area contributed by atoms with E-state index in [0.717, 1.165) is 5.56 Å². The van der Waals surface area contributed by atoms with Crippen LogP contribution in [0.5, 0.6) is 17.2 Å². The van der Waals surface area contributed by atoms with E-state index in [0.29, 0.717) is 17.1 Å². The topological polar surface area (TPSA) is 80.2 Å². The average Bonchev–Trinajstić information content (AvgIpc) is 2.54. The molecule has 0 saturated carbocycles. The number of para-hydroxylation sites is 1. The summed E-state index contributed by atoms with van der Waals surface area (Å²) in [5, 5.41) is 13.5. The highest BCUT2D eigenvalue weighted by atomic mass is 16.5. The lowest BCUT2D eigenvalue weighted by atomic mass is 10.2. The van der Waals surface area contributed by atoms with E-state index in [9.17, 15) is 9.90 Å². The lowest BCUT2D eigenvalue weighted by Crippen LogP contribution is -2.24. The van der Waals surface area contributed by atoms with Crippen molar-refractivity contribution in [1.29, 1.82) is 0 Å². The number of amides is 1. The molecule has 0 radical (unpaired) electrons. The van der Waals surface area contributed by atoms with Gasteiger partial charge in [0.05, 0.1) is 13.3 Å². The Morgan fingerprint density at radius 2 is 2.04 bits per heavy atom. The number of nitrogens with one attached hydrogen (secondary N) is 1. The number of hydrogen-bond donors (Lipinski definition) is 2. The fraction of sp³-hybridized carbons (Fsp3) is 0.176. The van der Waals surface area contributed by atoms with Crippen LogP contribution in [0.2, 0.25) is 0 Å². The van der Waals surface area contributed by atoms with Crippen molar-refractivity contribution in [3.05, 3.63) is 53.6 Å². The van der Waals surface area contributed by atoms with Crippen molar-refractivity contribution in [2.45, 2.75) is 6.92 Å². The van der Waals surface area contributed by atoms with Crippen LogP contribution in [-0.2, 0) is 4.79 Å². The molecule has 0 unspecified atom stereocenters. The summed E-state index contributed by atoms with van der Waals surface area (Å²) >= 11 is 0. The third-order valence-electron chi connectivity index (χ3n) is 3.06. The highest BCUT2D eigenvalue weighted by molar-refractivity contribution is 5.83. The van der Waals surface area contributed by atoms with E-state index in [2.05, 4.69) is 10.5 Å². The van der Waals surface area contributed by atoms with Crippen LogP contribution in [0.25, 0.3) is 0 Å². The van der Waals surface area contributed by atoms with Crippen molar-refractivity contribution in [3.8, 4) is 17.2 Å². The number of phenols is 1. The summed E-state index contributed by atoms with van der Waals surface area (Å²) in [5.74, 6) is 0.664. The Bertz CT molecular complexity index is 713. The summed E-state index contributed by atoms with van der Waals surface area (Å²) in [6.45, 7) is 1.78. The quantitative estimate of drug-likeness (QED) is 0.633. The number of hydrogen-bond acceptors (Lipinski definition) is 5. The minimum Gasteiger partial charge on any atom is -0.504 e. The second-order valence-electron chi connectivity index (χ2n) is 4.78. The summed E-state index contributed by atoms with van der Waals surface area (Å²) in [5.41, 5.74) is 3.95. The van der Waals surface area contributed by atoms with E-state index in [1.807, 2.05) is 25.1 Å². The van der Waals surface area contributed by atoms with E-state index in [1.165, 1.54) is 19.4 Å². The van der Waals surface area contributed by atoms with Gasteiger partial charge < -0.3 is 14.6 Å². The van der Waals surface area contributed by atoms with Gasteiger partial charge in [-0.3, -0.25) is 4.79 Å². The van der Waals surface area contributed by atoms with Gasteiger partial charge in [-0.25, -0.2) is 5.43 Å². The maximum Gasteiger partial charge on any atom is 0.277 e. The van der Waals surface area contributed by atoms with Crippen molar-refractivity contribution >= 4 is 12.1 Å². The fourth-order valence-electron chi connectivity index (χ4n) is 1.86. The second-order valence-corrected chi connectivity index (χ2v) is 4.78. The van der Waals surface area contributed by atoms with Crippen molar-refractivity contribution in [2.24, 2.45) is 5.10 Å². The largest absolute Gasteiger partial charge is 0.504 e. The third kappa shape index (κ3) is 4.74. The molecule has 0 spiro atoms. The molecule has 0 heterocycles. The monoisotopic (exact) mass is 314 g/mol. The molecule has 2 aromatic rings. The minimum absolute atomic E-state index is 0.00524. The maximum absolute atomic E-state index is 11.7. The van der Waals surface area contributed by atoms with E-state index in [1.54, 1.807) is 18.2 Å². The number of carbonyl (C=O) groups excluding carboxylic acids is 1. The third-order valence-corrected chi connectivity index (χ3v) is 3.06. The number of nitrogens with zero attached hydrogens (tertiary/aromatic N) is 1. The molecule has 0 aliphatic heterocycles. The highest BCUT2D eigenvalue weighted by Gasteiger charge is 2.04.